The molecule has 0 aliphatic heterocycles. The minimum atomic E-state index is -0.0908. The minimum Gasteiger partial charge on any atom is -0.343 e. The van der Waals surface area contributed by atoms with E-state index in [2.05, 4.69) is 17.4 Å². The number of hydrogen-bond donors (Lipinski definition) is 1. The molecule has 2 rings (SSSR count). The fourth-order valence-corrected chi connectivity index (χ4v) is 2.73. The van der Waals surface area contributed by atoms with E-state index in [1.165, 1.54) is 37.7 Å². The lowest BCUT2D eigenvalue weighted by molar-refractivity contribution is -0.120. The van der Waals surface area contributed by atoms with E-state index < -0.39 is 0 Å². The zero-order valence-corrected chi connectivity index (χ0v) is 11.2. The van der Waals surface area contributed by atoms with Crippen molar-refractivity contribution in [1.82, 2.24) is 5.32 Å². The van der Waals surface area contributed by atoms with Crippen molar-refractivity contribution in [1.29, 1.82) is 5.26 Å². The lowest BCUT2D eigenvalue weighted by Gasteiger charge is -2.22. The Balaban J connectivity index is 1.90. The highest BCUT2D eigenvalue weighted by molar-refractivity contribution is 5.78. The Morgan fingerprint density at radius 2 is 1.89 bits per heavy atom. The molecule has 1 aliphatic carbocycles. The number of nitrogens with zero attached hydrogens (tertiary/aromatic N) is 1. The predicted molar refractivity (Wildman–Crippen MR) is 74.6 cm³/mol. The normalized spacial score (nSPS) is 15.7. The fourth-order valence-electron chi connectivity index (χ4n) is 2.73. The van der Waals surface area contributed by atoms with E-state index in [9.17, 15) is 4.79 Å². The van der Waals surface area contributed by atoms with Crippen LogP contribution in [0.3, 0.4) is 0 Å². The Kier molecular flexibility index (Phi) is 4.97. The van der Waals surface area contributed by atoms with Gasteiger partial charge in [0.25, 0.3) is 0 Å². The van der Waals surface area contributed by atoms with Gasteiger partial charge in [0.2, 0.25) is 5.91 Å². The standard InChI is InChI=1S/C16H20N2O/c17-10-11-18-16(19)12-13-6-8-15(9-7-13)14-4-2-1-3-5-14/h6-9,14H,1-5,11-12H2,(H,18,19). The van der Waals surface area contributed by atoms with E-state index in [-0.39, 0.29) is 12.5 Å². The number of carbonyl (C=O) groups is 1. The van der Waals surface area contributed by atoms with Crippen LogP contribution >= 0.6 is 0 Å². The Labute approximate surface area is 114 Å². The van der Waals surface area contributed by atoms with Gasteiger partial charge in [-0.2, -0.15) is 5.26 Å². The summed E-state index contributed by atoms with van der Waals surface area (Å²) in [6.07, 6.45) is 6.98. The molecule has 1 aromatic carbocycles. The second-order valence-corrected chi connectivity index (χ2v) is 5.19. The van der Waals surface area contributed by atoms with Gasteiger partial charge in [-0.05, 0) is 29.9 Å². The Morgan fingerprint density at radius 3 is 2.53 bits per heavy atom. The number of nitrogens with one attached hydrogen (secondary N) is 1. The molecule has 19 heavy (non-hydrogen) atoms. The Morgan fingerprint density at radius 1 is 1.21 bits per heavy atom. The summed E-state index contributed by atoms with van der Waals surface area (Å²) in [6, 6.07) is 10.3. The number of nitriles is 1. The molecule has 3 heteroatoms. The van der Waals surface area contributed by atoms with Crippen LogP contribution in [0.1, 0.15) is 49.1 Å². The number of hydrogen-bond acceptors (Lipinski definition) is 2. The van der Waals surface area contributed by atoms with Crippen LogP contribution in [-0.4, -0.2) is 12.5 Å². The molecule has 1 fully saturated rings. The number of rotatable bonds is 4. The number of amides is 1. The first-order chi connectivity index (χ1) is 9.29. The van der Waals surface area contributed by atoms with E-state index in [1.807, 2.05) is 18.2 Å². The average Bonchev–Trinajstić information content (AvgIpc) is 2.47. The molecule has 0 bridgehead atoms. The molecule has 1 saturated carbocycles. The highest BCUT2D eigenvalue weighted by atomic mass is 16.1. The first kappa shape index (κ1) is 13.6. The van der Waals surface area contributed by atoms with Crippen LogP contribution in [0.15, 0.2) is 24.3 Å². The van der Waals surface area contributed by atoms with Gasteiger partial charge in [-0.1, -0.05) is 43.5 Å². The van der Waals surface area contributed by atoms with E-state index in [0.717, 1.165) is 5.56 Å². The molecule has 0 spiro atoms. The maximum Gasteiger partial charge on any atom is 0.225 e. The molecule has 0 heterocycles. The molecule has 1 aromatic rings. The van der Waals surface area contributed by atoms with Crippen molar-refractivity contribution in [2.24, 2.45) is 0 Å². The van der Waals surface area contributed by atoms with Crippen LogP contribution in [-0.2, 0) is 11.2 Å². The maximum absolute atomic E-state index is 11.5. The van der Waals surface area contributed by atoms with E-state index in [4.69, 9.17) is 5.26 Å². The van der Waals surface area contributed by atoms with Crippen LogP contribution < -0.4 is 5.32 Å². The van der Waals surface area contributed by atoms with Crippen LogP contribution in [0.2, 0.25) is 0 Å². The fraction of sp³-hybridized carbons (Fsp3) is 0.500. The van der Waals surface area contributed by atoms with Crippen molar-refractivity contribution in [2.75, 3.05) is 6.54 Å². The first-order valence-electron chi connectivity index (χ1n) is 7.02. The van der Waals surface area contributed by atoms with Crippen molar-refractivity contribution in [2.45, 2.75) is 44.4 Å². The number of benzene rings is 1. The smallest absolute Gasteiger partial charge is 0.225 e. The molecular formula is C16H20N2O. The van der Waals surface area contributed by atoms with Gasteiger partial charge in [0.1, 0.15) is 6.54 Å². The van der Waals surface area contributed by atoms with Crippen LogP contribution in [0.4, 0.5) is 0 Å². The van der Waals surface area contributed by atoms with Crippen molar-refractivity contribution >= 4 is 5.91 Å². The summed E-state index contributed by atoms with van der Waals surface area (Å²) in [7, 11) is 0. The van der Waals surface area contributed by atoms with Gasteiger partial charge >= 0.3 is 0 Å². The average molecular weight is 256 g/mol. The summed E-state index contributed by atoms with van der Waals surface area (Å²) in [5, 5.41) is 11.0. The lowest BCUT2D eigenvalue weighted by atomic mass is 9.84. The molecule has 0 aromatic heterocycles. The number of carbonyl (C=O) groups excluding carboxylic acids is 1. The van der Waals surface area contributed by atoms with Gasteiger partial charge < -0.3 is 5.32 Å². The minimum absolute atomic E-state index is 0.0823. The van der Waals surface area contributed by atoms with E-state index in [1.54, 1.807) is 0 Å². The molecular weight excluding hydrogens is 236 g/mol. The van der Waals surface area contributed by atoms with Gasteiger partial charge in [0, 0.05) is 0 Å². The Bertz CT molecular complexity index is 453. The molecule has 1 amide bonds. The van der Waals surface area contributed by atoms with Crippen LogP contribution in [0.5, 0.6) is 0 Å². The summed E-state index contributed by atoms with van der Waals surface area (Å²) in [5.41, 5.74) is 2.41. The second-order valence-electron chi connectivity index (χ2n) is 5.19. The molecule has 0 radical (unpaired) electrons. The third kappa shape index (κ3) is 4.10. The summed E-state index contributed by atoms with van der Waals surface area (Å²) in [4.78, 5) is 11.5. The van der Waals surface area contributed by atoms with Gasteiger partial charge in [-0.15, -0.1) is 0 Å². The monoisotopic (exact) mass is 256 g/mol. The maximum atomic E-state index is 11.5. The third-order valence-corrected chi connectivity index (χ3v) is 3.79. The molecule has 0 saturated heterocycles. The van der Waals surface area contributed by atoms with Crippen LogP contribution in [0.25, 0.3) is 0 Å². The highest BCUT2D eigenvalue weighted by Crippen LogP contribution is 2.32. The molecule has 0 unspecified atom stereocenters. The quantitative estimate of drug-likeness (QED) is 0.842. The van der Waals surface area contributed by atoms with Crippen molar-refractivity contribution in [3.8, 4) is 6.07 Å². The molecule has 1 N–H and O–H groups in total. The summed E-state index contributed by atoms with van der Waals surface area (Å²) >= 11 is 0. The zero-order chi connectivity index (χ0) is 13.5. The summed E-state index contributed by atoms with van der Waals surface area (Å²) in [5.74, 6) is 0.613. The SMILES string of the molecule is N#CCNC(=O)Cc1ccc(C2CCCCC2)cc1. The first-order valence-corrected chi connectivity index (χ1v) is 7.02. The Hall–Kier alpha value is -1.82. The van der Waals surface area contributed by atoms with Crippen molar-refractivity contribution in [3.05, 3.63) is 35.4 Å². The molecule has 1 aliphatic rings. The highest BCUT2D eigenvalue weighted by Gasteiger charge is 2.15. The third-order valence-electron chi connectivity index (χ3n) is 3.79. The van der Waals surface area contributed by atoms with Crippen molar-refractivity contribution in [3.63, 3.8) is 0 Å². The molecule has 100 valence electrons. The zero-order valence-electron chi connectivity index (χ0n) is 11.2. The van der Waals surface area contributed by atoms with Gasteiger partial charge in [-0.3, -0.25) is 4.79 Å². The topological polar surface area (TPSA) is 52.9 Å². The summed E-state index contributed by atoms with van der Waals surface area (Å²) < 4.78 is 0. The van der Waals surface area contributed by atoms with Crippen molar-refractivity contribution < 1.29 is 4.79 Å². The predicted octanol–water partition coefficient (Wildman–Crippen LogP) is 2.92. The van der Waals surface area contributed by atoms with Gasteiger partial charge in [0.05, 0.1) is 12.5 Å². The molecule has 3 nitrogen and oxygen atoms in total. The second kappa shape index (κ2) is 6.94. The van der Waals surface area contributed by atoms with E-state index in [0.29, 0.717) is 12.3 Å². The lowest BCUT2D eigenvalue weighted by Crippen LogP contribution is -2.25. The summed E-state index contributed by atoms with van der Waals surface area (Å²) in [6.45, 7) is 0.0823. The van der Waals surface area contributed by atoms with Gasteiger partial charge in [-0.25, -0.2) is 0 Å². The van der Waals surface area contributed by atoms with E-state index >= 15 is 0 Å². The largest absolute Gasteiger partial charge is 0.343 e. The molecule has 0 atom stereocenters. The van der Waals surface area contributed by atoms with Gasteiger partial charge in [0.15, 0.2) is 0 Å². The van der Waals surface area contributed by atoms with Crippen LogP contribution in [0, 0.1) is 11.3 Å².